The topological polar surface area (TPSA) is 98.5 Å². The van der Waals surface area contributed by atoms with Gasteiger partial charge in [0.25, 0.3) is 11.6 Å². The van der Waals surface area contributed by atoms with Gasteiger partial charge >= 0.3 is 5.97 Å². The van der Waals surface area contributed by atoms with Crippen LogP contribution in [0.5, 0.6) is 0 Å². The number of para-hydroxylation sites is 1. The number of carbonyl (C=O) groups excluding carboxylic acids is 2. The van der Waals surface area contributed by atoms with Crippen LogP contribution in [-0.2, 0) is 9.53 Å². The lowest BCUT2D eigenvalue weighted by molar-refractivity contribution is -0.384. The third-order valence-corrected chi connectivity index (χ3v) is 3.82. The number of non-ortho nitro benzene ring substituents is 1. The summed E-state index contributed by atoms with van der Waals surface area (Å²) < 4.78 is 4.96. The molecule has 0 fully saturated rings. The van der Waals surface area contributed by atoms with Crippen molar-refractivity contribution in [1.82, 2.24) is 0 Å². The molecule has 1 amide bonds. The van der Waals surface area contributed by atoms with Gasteiger partial charge in [-0.15, -0.1) is 0 Å². The van der Waals surface area contributed by atoms with Gasteiger partial charge in [0.05, 0.1) is 10.5 Å². The second-order valence-electron chi connectivity index (χ2n) is 6.13. The number of benzene rings is 2. The summed E-state index contributed by atoms with van der Waals surface area (Å²) in [5.74, 6) is -1.05. The molecule has 0 saturated heterocycles. The number of rotatable bonds is 6. The van der Waals surface area contributed by atoms with Gasteiger partial charge < -0.3 is 10.1 Å². The van der Waals surface area contributed by atoms with Crippen LogP contribution in [0.1, 0.15) is 41.3 Å². The van der Waals surface area contributed by atoms with Crippen molar-refractivity contribution in [2.24, 2.45) is 0 Å². The first-order valence-corrected chi connectivity index (χ1v) is 8.10. The van der Waals surface area contributed by atoms with Crippen LogP contribution in [0.25, 0.3) is 0 Å². The zero-order valence-electron chi connectivity index (χ0n) is 14.8. The monoisotopic (exact) mass is 356 g/mol. The van der Waals surface area contributed by atoms with E-state index in [0.717, 1.165) is 17.2 Å². The fraction of sp³-hybridized carbons (Fsp3) is 0.263. The van der Waals surface area contributed by atoms with Gasteiger partial charge in [0.1, 0.15) is 0 Å². The van der Waals surface area contributed by atoms with Crippen molar-refractivity contribution in [2.45, 2.75) is 26.7 Å². The Hall–Kier alpha value is -3.22. The van der Waals surface area contributed by atoms with Crippen LogP contribution in [-0.4, -0.2) is 23.4 Å². The predicted molar refractivity (Wildman–Crippen MR) is 97.3 cm³/mol. The number of esters is 1. The Bertz CT molecular complexity index is 846. The van der Waals surface area contributed by atoms with Crippen LogP contribution in [0, 0.1) is 17.0 Å². The van der Waals surface area contributed by atoms with Gasteiger partial charge in [-0.2, -0.15) is 0 Å². The molecule has 0 radical (unpaired) electrons. The molecule has 0 aromatic heterocycles. The number of nitro benzene ring substituents is 1. The van der Waals surface area contributed by atoms with Crippen LogP contribution in [0.15, 0.2) is 42.5 Å². The van der Waals surface area contributed by atoms with E-state index >= 15 is 0 Å². The number of amides is 1. The Balaban J connectivity index is 2.03. The summed E-state index contributed by atoms with van der Waals surface area (Å²) in [6, 6.07) is 10.9. The molecule has 7 nitrogen and oxygen atoms in total. The second kappa shape index (κ2) is 8.24. The highest BCUT2D eigenvalue weighted by molar-refractivity contribution is 5.96. The average molecular weight is 356 g/mol. The van der Waals surface area contributed by atoms with Gasteiger partial charge in [-0.3, -0.25) is 14.9 Å². The molecule has 26 heavy (non-hydrogen) atoms. The van der Waals surface area contributed by atoms with Crippen molar-refractivity contribution in [3.8, 4) is 0 Å². The average Bonchev–Trinajstić information content (AvgIpc) is 2.61. The largest absolute Gasteiger partial charge is 0.452 e. The SMILES string of the molecule is Cc1cccc(C(C)C)c1NC(=O)COC(=O)c1cccc([N+](=O)[O-])c1. The van der Waals surface area contributed by atoms with E-state index in [4.69, 9.17) is 4.74 Å². The van der Waals surface area contributed by atoms with E-state index in [-0.39, 0.29) is 17.2 Å². The third kappa shape index (κ3) is 4.66. The highest BCUT2D eigenvalue weighted by atomic mass is 16.6. The number of hydrogen-bond acceptors (Lipinski definition) is 5. The van der Waals surface area contributed by atoms with E-state index in [1.165, 1.54) is 18.2 Å². The summed E-state index contributed by atoms with van der Waals surface area (Å²) in [6.07, 6.45) is 0. The van der Waals surface area contributed by atoms with E-state index in [1.54, 1.807) is 0 Å². The van der Waals surface area contributed by atoms with Crippen molar-refractivity contribution < 1.29 is 19.2 Å². The van der Waals surface area contributed by atoms with E-state index < -0.39 is 23.4 Å². The van der Waals surface area contributed by atoms with Gasteiger partial charge in [-0.05, 0) is 30.0 Å². The number of nitrogens with one attached hydrogen (secondary N) is 1. The molecule has 0 bridgehead atoms. The zero-order chi connectivity index (χ0) is 19.3. The van der Waals surface area contributed by atoms with Gasteiger partial charge in [-0.25, -0.2) is 4.79 Å². The Morgan fingerprint density at radius 1 is 1.19 bits per heavy atom. The fourth-order valence-electron chi connectivity index (χ4n) is 2.48. The molecule has 1 N–H and O–H groups in total. The zero-order valence-corrected chi connectivity index (χ0v) is 14.8. The molecule has 7 heteroatoms. The van der Waals surface area contributed by atoms with Gasteiger partial charge in [0.15, 0.2) is 6.61 Å². The summed E-state index contributed by atoms with van der Waals surface area (Å²) >= 11 is 0. The maximum atomic E-state index is 12.2. The maximum absolute atomic E-state index is 12.2. The predicted octanol–water partition coefficient (Wildman–Crippen LogP) is 3.82. The van der Waals surface area contributed by atoms with Crippen molar-refractivity contribution in [3.63, 3.8) is 0 Å². The number of nitro groups is 1. The first-order valence-electron chi connectivity index (χ1n) is 8.10. The lowest BCUT2D eigenvalue weighted by Crippen LogP contribution is -2.22. The number of anilines is 1. The smallest absolute Gasteiger partial charge is 0.338 e. The number of aryl methyl sites for hydroxylation is 1. The summed E-state index contributed by atoms with van der Waals surface area (Å²) in [6.45, 7) is 5.45. The summed E-state index contributed by atoms with van der Waals surface area (Å²) in [7, 11) is 0. The van der Waals surface area contributed by atoms with Crippen molar-refractivity contribution in [3.05, 3.63) is 69.3 Å². The number of hydrogen-bond donors (Lipinski definition) is 1. The van der Waals surface area contributed by atoms with Crippen LogP contribution in [0.2, 0.25) is 0 Å². The molecule has 136 valence electrons. The number of carbonyl (C=O) groups is 2. The normalized spacial score (nSPS) is 10.5. The first kappa shape index (κ1) is 19.1. The molecule has 2 aromatic carbocycles. The third-order valence-electron chi connectivity index (χ3n) is 3.82. The van der Waals surface area contributed by atoms with Crippen LogP contribution in [0.3, 0.4) is 0 Å². The van der Waals surface area contributed by atoms with E-state index in [9.17, 15) is 19.7 Å². The Kier molecular flexibility index (Phi) is 6.06. The quantitative estimate of drug-likeness (QED) is 0.482. The minimum absolute atomic E-state index is 0.0192. The van der Waals surface area contributed by atoms with Crippen molar-refractivity contribution >= 4 is 23.3 Å². The molecule has 0 heterocycles. The Labute approximate surface area is 151 Å². The fourth-order valence-corrected chi connectivity index (χ4v) is 2.48. The van der Waals surface area contributed by atoms with Crippen LogP contribution < -0.4 is 5.32 Å². The standard InChI is InChI=1S/C19H20N2O5/c1-12(2)16-9-4-6-13(3)18(16)20-17(22)11-26-19(23)14-7-5-8-15(10-14)21(24)25/h4-10,12H,11H2,1-3H3,(H,20,22). The van der Waals surface area contributed by atoms with E-state index in [1.807, 2.05) is 39.0 Å². The molecule has 0 saturated carbocycles. The maximum Gasteiger partial charge on any atom is 0.338 e. The highest BCUT2D eigenvalue weighted by Gasteiger charge is 2.16. The molecule has 2 rings (SSSR count). The summed E-state index contributed by atoms with van der Waals surface area (Å²) in [5, 5.41) is 13.5. The highest BCUT2D eigenvalue weighted by Crippen LogP contribution is 2.27. The Morgan fingerprint density at radius 3 is 2.54 bits per heavy atom. The molecular formula is C19H20N2O5. The Morgan fingerprint density at radius 2 is 1.88 bits per heavy atom. The summed E-state index contributed by atoms with van der Waals surface area (Å²) in [5.41, 5.74) is 2.41. The number of ether oxygens (including phenoxy) is 1. The molecule has 0 aliphatic heterocycles. The molecule has 0 aliphatic carbocycles. The lowest BCUT2D eigenvalue weighted by atomic mass is 9.98. The molecule has 0 spiro atoms. The summed E-state index contributed by atoms with van der Waals surface area (Å²) in [4.78, 5) is 34.3. The van der Waals surface area contributed by atoms with Gasteiger partial charge in [0.2, 0.25) is 0 Å². The van der Waals surface area contributed by atoms with E-state index in [0.29, 0.717) is 5.69 Å². The van der Waals surface area contributed by atoms with Crippen molar-refractivity contribution in [2.75, 3.05) is 11.9 Å². The van der Waals surface area contributed by atoms with Crippen LogP contribution in [0.4, 0.5) is 11.4 Å². The second-order valence-corrected chi connectivity index (χ2v) is 6.13. The molecule has 2 aromatic rings. The van der Waals surface area contributed by atoms with E-state index in [2.05, 4.69) is 5.32 Å². The molecule has 0 aliphatic rings. The van der Waals surface area contributed by atoms with Crippen molar-refractivity contribution in [1.29, 1.82) is 0 Å². The lowest BCUT2D eigenvalue weighted by Gasteiger charge is -2.16. The molecule has 0 unspecified atom stereocenters. The number of nitrogens with zero attached hydrogens (tertiary/aromatic N) is 1. The molecule has 0 atom stereocenters. The first-order chi connectivity index (χ1) is 12.3. The van der Waals surface area contributed by atoms with Crippen LogP contribution >= 0.6 is 0 Å². The van der Waals surface area contributed by atoms with Gasteiger partial charge in [-0.1, -0.05) is 38.1 Å². The minimum Gasteiger partial charge on any atom is -0.452 e. The van der Waals surface area contributed by atoms with Gasteiger partial charge in [0, 0.05) is 17.8 Å². The molecular weight excluding hydrogens is 336 g/mol. The minimum atomic E-state index is -0.794.